The number of hydrogen-bond acceptors (Lipinski definition) is 17. The molecule has 0 aromatic rings. The number of aliphatic hydroxyl groups is 10. The van der Waals surface area contributed by atoms with Gasteiger partial charge in [-0.05, 0) is 46.0 Å². The van der Waals surface area contributed by atoms with Gasteiger partial charge in [0.15, 0.2) is 12.1 Å². The fourth-order valence-electron chi connectivity index (χ4n) is 8.54. The van der Waals surface area contributed by atoms with E-state index in [1.54, 1.807) is 81.5 Å². The minimum Gasteiger partial charge on any atom is -0.462 e. The van der Waals surface area contributed by atoms with Crippen LogP contribution in [-0.4, -0.2) is 174 Å². The normalized spacial score (nSPS) is 43.1. The quantitative estimate of drug-likeness (QED) is 0.127. The second kappa shape index (κ2) is 31.2. The Morgan fingerprint density at radius 1 is 0.714 bits per heavy atom. The van der Waals surface area contributed by atoms with Crippen molar-refractivity contribution >= 4 is 11.9 Å². The lowest BCUT2D eigenvalue weighted by molar-refractivity contribution is -0.307. The first-order valence-corrected chi connectivity index (χ1v) is 24.5. The van der Waals surface area contributed by atoms with Crippen molar-refractivity contribution < 1.29 is 84.0 Å². The summed E-state index contributed by atoms with van der Waals surface area (Å²) < 4.78 is 36.5. The number of fused-ring (bicyclic) bond motifs is 2. The number of nitrogens with two attached hydrogens (primary N) is 1. The number of halogens is 1. The lowest BCUT2D eigenvalue weighted by Crippen LogP contribution is -2.62. The van der Waals surface area contributed by atoms with Gasteiger partial charge < -0.3 is 81.1 Å². The summed E-state index contributed by atoms with van der Waals surface area (Å²) in [6.07, 6.45) is 4.64. The molecule has 3 aliphatic rings. The number of allylic oxidation sites excluding steroid dienone is 12. The SMILES string of the molecule is C[C@@H]1OC(=O)CC(O)CC(O)CCC(O)C(O)C[C@H](O)CC2(O)C[C@H](O)C(C(=O)NCCCCF)[C@H](CC(O[C@@H]3O[C@H](C)[C@@H](O)[C@H](N)[C@@H]3O)/C=C/C=C/C=C/C=C/C=C/C=C/C=C/[C@H](C)C(O)[C@H]1C)O2. The highest BCUT2D eigenvalue weighted by molar-refractivity contribution is 5.80. The Hall–Kier alpha value is -3.51. The molecule has 398 valence electrons. The molecule has 19 atom stereocenters. The zero-order valence-electron chi connectivity index (χ0n) is 40.8. The van der Waals surface area contributed by atoms with Crippen molar-refractivity contribution in [2.24, 2.45) is 23.5 Å². The highest BCUT2D eigenvalue weighted by atomic mass is 19.1. The summed E-state index contributed by atoms with van der Waals surface area (Å²) in [5.41, 5.74) is 6.09. The average molecular weight is 997 g/mol. The van der Waals surface area contributed by atoms with Crippen molar-refractivity contribution in [1.82, 2.24) is 5.32 Å². The van der Waals surface area contributed by atoms with Gasteiger partial charge in [0, 0.05) is 44.1 Å². The number of aliphatic hydroxyl groups excluding tert-OH is 9. The summed E-state index contributed by atoms with van der Waals surface area (Å²) in [4.78, 5) is 26.3. The van der Waals surface area contributed by atoms with E-state index in [2.05, 4.69) is 5.32 Å². The van der Waals surface area contributed by atoms with Crippen molar-refractivity contribution in [2.75, 3.05) is 13.2 Å². The van der Waals surface area contributed by atoms with Crippen LogP contribution in [0.3, 0.4) is 0 Å². The predicted octanol–water partition coefficient (Wildman–Crippen LogP) is 1.49. The fourth-order valence-corrected chi connectivity index (χ4v) is 8.54. The molecule has 3 heterocycles. The Balaban J connectivity index is 1.92. The molecule has 0 aliphatic carbocycles. The van der Waals surface area contributed by atoms with E-state index < -0.39 is 154 Å². The Morgan fingerprint density at radius 2 is 1.31 bits per heavy atom. The Kier molecular flexibility index (Phi) is 27.1. The van der Waals surface area contributed by atoms with E-state index in [0.29, 0.717) is 6.42 Å². The first-order valence-electron chi connectivity index (χ1n) is 24.5. The molecular formula is C51H81FN2O16. The maximum Gasteiger partial charge on any atom is 0.308 e. The van der Waals surface area contributed by atoms with Gasteiger partial charge in [0.25, 0.3) is 0 Å². The number of carbonyl (C=O) groups excluding carboxylic acids is 2. The molecule has 0 aromatic heterocycles. The van der Waals surface area contributed by atoms with Crippen LogP contribution < -0.4 is 11.1 Å². The summed E-state index contributed by atoms with van der Waals surface area (Å²) in [5.74, 6) is -5.76. The van der Waals surface area contributed by atoms with E-state index in [4.69, 9.17) is 24.7 Å². The van der Waals surface area contributed by atoms with Gasteiger partial charge in [-0.2, -0.15) is 0 Å². The molecular weight excluding hydrogens is 916 g/mol. The lowest BCUT2D eigenvalue weighted by Gasteiger charge is -2.46. The third kappa shape index (κ3) is 20.9. The van der Waals surface area contributed by atoms with Crippen molar-refractivity contribution in [2.45, 2.75) is 189 Å². The third-order valence-corrected chi connectivity index (χ3v) is 12.9. The number of carbonyl (C=O) groups is 2. The molecule has 8 unspecified atom stereocenters. The number of alkyl halides is 1. The topological polar surface area (TPSA) is 311 Å². The largest absolute Gasteiger partial charge is 0.462 e. The first-order chi connectivity index (χ1) is 33.2. The Bertz CT molecular complexity index is 1760. The molecule has 3 aliphatic heterocycles. The minimum absolute atomic E-state index is 0.0805. The Morgan fingerprint density at radius 3 is 1.93 bits per heavy atom. The maximum atomic E-state index is 13.7. The van der Waals surface area contributed by atoms with E-state index in [9.17, 15) is 65.0 Å². The number of ether oxygens (including phenoxy) is 4. The number of cyclic esters (lactones) is 1. The number of rotatable bonds is 7. The number of nitrogens with one attached hydrogen (secondary N) is 1. The van der Waals surface area contributed by atoms with E-state index in [-0.39, 0.29) is 44.6 Å². The van der Waals surface area contributed by atoms with Crippen LogP contribution in [0.2, 0.25) is 0 Å². The molecule has 70 heavy (non-hydrogen) atoms. The second-order valence-electron chi connectivity index (χ2n) is 18.9. The van der Waals surface area contributed by atoms with Crippen LogP contribution in [0.25, 0.3) is 0 Å². The fraction of sp³-hybridized carbons (Fsp3) is 0.686. The second-order valence-corrected chi connectivity index (χ2v) is 18.9. The van der Waals surface area contributed by atoms with Gasteiger partial charge in [0.1, 0.15) is 12.2 Å². The van der Waals surface area contributed by atoms with Gasteiger partial charge in [0.05, 0.1) is 92.2 Å². The molecule has 13 N–H and O–H groups in total. The van der Waals surface area contributed by atoms with Crippen molar-refractivity contribution in [3.63, 3.8) is 0 Å². The van der Waals surface area contributed by atoms with E-state index in [0.717, 1.165) is 0 Å². The third-order valence-electron chi connectivity index (χ3n) is 12.9. The number of hydrogen-bond donors (Lipinski definition) is 12. The predicted molar refractivity (Wildman–Crippen MR) is 258 cm³/mol. The van der Waals surface area contributed by atoms with Gasteiger partial charge in [-0.1, -0.05) is 98.9 Å². The lowest BCUT2D eigenvalue weighted by atomic mass is 9.82. The van der Waals surface area contributed by atoms with E-state index >= 15 is 0 Å². The van der Waals surface area contributed by atoms with Crippen LogP contribution in [0.4, 0.5) is 4.39 Å². The van der Waals surface area contributed by atoms with Gasteiger partial charge in [-0.25, -0.2) is 0 Å². The van der Waals surface area contributed by atoms with Crippen LogP contribution in [-0.2, 0) is 28.5 Å². The monoisotopic (exact) mass is 997 g/mol. The molecule has 2 saturated heterocycles. The van der Waals surface area contributed by atoms with Gasteiger partial charge >= 0.3 is 5.97 Å². The van der Waals surface area contributed by atoms with Crippen LogP contribution in [0.15, 0.2) is 85.1 Å². The van der Waals surface area contributed by atoms with Crippen LogP contribution >= 0.6 is 0 Å². The molecule has 0 saturated carbocycles. The zero-order valence-corrected chi connectivity index (χ0v) is 40.8. The van der Waals surface area contributed by atoms with Gasteiger partial charge in [0.2, 0.25) is 5.91 Å². The Labute approximate surface area is 411 Å². The van der Waals surface area contributed by atoms with Crippen molar-refractivity contribution in [1.29, 1.82) is 0 Å². The summed E-state index contributed by atoms with van der Waals surface area (Å²) in [6.45, 7) is 6.25. The molecule has 1 amide bonds. The maximum absolute atomic E-state index is 13.7. The van der Waals surface area contributed by atoms with Gasteiger partial charge in [-0.3, -0.25) is 14.0 Å². The molecule has 19 heteroatoms. The zero-order chi connectivity index (χ0) is 52.0. The molecule has 0 radical (unpaired) electrons. The van der Waals surface area contributed by atoms with Crippen molar-refractivity contribution in [3.8, 4) is 0 Å². The number of amides is 1. The number of unbranched alkanes of at least 4 members (excludes halogenated alkanes) is 1. The smallest absolute Gasteiger partial charge is 0.308 e. The first kappa shape index (κ1) is 60.8. The van der Waals surface area contributed by atoms with Crippen LogP contribution in [0.5, 0.6) is 0 Å². The molecule has 0 aromatic carbocycles. The van der Waals surface area contributed by atoms with Crippen LogP contribution in [0, 0.1) is 17.8 Å². The molecule has 3 rings (SSSR count). The summed E-state index contributed by atoms with van der Waals surface area (Å²) in [5, 5.41) is 112. The van der Waals surface area contributed by atoms with E-state index in [1.165, 1.54) is 0 Å². The highest BCUT2D eigenvalue weighted by Crippen LogP contribution is 2.38. The summed E-state index contributed by atoms with van der Waals surface area (Å²) in [6, 6.07) is -1.15. The molecule has 0 spiro atoms. The standard InChI is InChI=1S/C51H81FN2O16/c1-31-19-15-13-11-9-7-5-6-8-10-12-14-16-20-38(69-50-48(64)45(53)47(63)34(4)68-50)28-42-44(49(65)54-24-18-17-23-52)41(60)30-51(66,70-42)29-37(57)26-40(59)39(58)22-21-35(55)25-36(56)27-43(61)67-33(3)32(2)46(31)62/h5-16,19-20,31-42,44-48,50,55-60,62-64,66H,17-18,21-30,53H2,1-4H3,(H,54,65)/b6-5+,9-7+,10-8+,13-11+,14-12+,19-15+,20-16+/t31-,32-,33-,34+,35?,36?,37-,38?,39?,40?,41-,42-,44?,45-,46?,47+,48-,50-,51?/m0/s1. The van der Waals surface area contributed by atoms with Gasteiger partial charge in [-0.15, -0.1) is 0 Å². The highest BCUT2D eigenvalue weighted by Gasteiger charge is 2.51. The number of esters is 1. The molecule has 2 bridgehead atoms. The van der Waals surface area contributed by atoms with E-state index in [1.807, 2.05) is 31.2 Å². The van der Waals surface area contributed by atoms with Crippen LogP contribution in [0.1, 0.15) is 91.9 Å². The molecule has 2 fully saturated rings. The summed E-state index contributed by atoms with van der Waals surface area (Å²) >= 11 is 0. The summed E-state index contributed by atoms with van der Waals surface area (Å²) in [7, 11) is 0. The van der Waals surface area contributed by atoms with Crippen molar-refractivity contribution in [3.05, 3.63) is 85.1 Å². The average Bonchev–Trinajstić information content (AvgIpc) is 3.29. The molecule has 18 nitrogen and oxygen atoms in total. The minimum atomic E-state index is -2.30.